The minimum absolute atomic E-state index is 0.153. The molecule has 6 nitrogen and oxygen atoms in total. The van der Waals surface area contributed by atoms with Crippen molar-refractivity contribution in [2.75, 3.05) is 19.3 Å². The molecule has 0 aliphatic carbocycles. The van der Waals surface area contributed by atoms with Gasteiger partial charge in [-0.3, -0.25) is 5.21 Å². The molecule has 0 fully saturated rings. The van der Waals surface area contributed by atoms with E-state index in [-0.39, 0.29) is 5.90 Å². The molecule has 1 N–H and O–H groups in total. The summed E-state index contributed by atoms with van der Waals surface area (Å²) >= 11 is 0. The predicted molar refractivity (Wildman–Crippen MR) is 109 cm³/mol. The largest absolute Gasteiger partial charge is 0.497 e. The number of hydroxylamine groups is 1. The third-order valence-electron chi connectivity index (χ3n) is 3.84. The van der Waals surface area contributed by atoms with Gasteiger partial charge in [0.05, 0.1) is 24.7 Å². The standard InChI is InChI=1S/C20H26N2O4S/c1-20(2,3)27(24)21-19(26-5)18(15-11-13-17(25-4)14-12-15)22(23)16-9-7-6-8-10-16/h6-14,18,23H,1-5H3/b21-19-/t18-,27?/m0/s1. The second kappa shape index (κ2) is 9.01. The number of methoxy groups -OCH3 is 2. The molecule has 0 aromatic heterocycles. The quantitative estimate of drug-likeness (QED) is 0.456. The Kier molecular flexibility index (Phi) is 6.98. The first-order valence-electron chi connectivity index (χ1n) is 8.49. The molecule has 0 radical (unpaired) electrons. The molecule has 27 heavy (non-hydrogen) atoms. The highest BCUT2D eigenvalue weighted by molar-refractivity contribution is 7.85. The first kappa shape index (κ1) is 20.9. The Morgan fingerprint density at radius 3 is 2.15 bits per heavy atom. The number of benzene rings is 2. The van der Waals surface area contributed by atoms with Crippen LogP contribution in [-0.2, 0) is 15.7 Å². The van der Waals surface area contributed by atoms with Gasteiger partial charge >= 0.3 is 0 Å². The fraction of sp³-hybridized carbons (Fsp3) is 0.350. The molecule has 0 heterocycles. The molecule has 0 aliphatic rings. The number of rotatable bonds is 6. The smallest absolute Gasteiger partial charge is 0.227 e. The zero-order chi connectivity index (χ0) is 20.0. The number of nitrogens with zero attached hydrogens (tertiary/aromatic N) is 2. The van der Waals surface area contributed by atoms with E-state index in [9.17, 15) is 9.42 Å². The van der Waals surface area contributed by atoms with Crippen molar-refractivity contribution in [3.63, 3.8) is 0 Å². The molecule has 0 saturated carbocycles. The molecule has 146 valence electrons. The SMILES string of the molecule is CO/C(=N\S(=O)C(C)(C)C)[C@H](c1ccc(OC)cc1)N(O)c1ccccc1. The molecule has 0 bridgehead atoms. The van der Waals surface area contributed by atoms with Gasteiger partial charge in [-0.05, 0) is 50.6 Å². The van der Waals surface area contributed by atoms with Crippen LogP contribution in [0.5, 0.6) is 5.75 Å². The second-order valence-electron chi connectivity index (χ2n) is 6.85. The molecular weight excluding hydrogens is 364 g/mol. The summed E-state index contributed by atoms with van der Waals surface area (Å²) in [6, 6.07) is 15.5. The van der Waals surface area contributed by atoms with Gasteiger partial charge in [0.2, 0.25) is 5.90 Å². The minimum atomic E-state index is -1.54. The van der Waals surface area contributed by atoms with Crippen LogP contribution in [0.25, 0.3) is 0 Å². The second-order valence-corrected chi connectivity index (χ2v) is 8.76. The lowest BCUT2D eigenvalue weighted by molar-refractivity contribution is 0.225. The molecule has 2 rings (SSSR count). The van der Waals surface area contributed by atoms with Gasteiger partial charge in [-0.2, -0.15) is 4.40 Å². The van der Waals surface area contributed by atoms with E-state index in [1.165, 1.54) is 7.11 Å². The summed E-state index contributed by atoms with van der Waals surface area (Å²) in [7, 11) is 1.50. The van der Waals surface area contributed by atoms with E-state index in [1.54, 1.807) is 31.4 Å². The highest BCUT2D eigenvalue weighted by Crippen LogP contribution is 2.29. The van der Waals surface area contributed by atoms with Crippen LogP contribution in [0.15, 0.2) is 59.0 Å². The predicted octanol–water partition coefficient (Wildman–Crippen LogP) is 4.14. The number of ether oxygens (including phenoxy) is 2. The Hall–Kier alpha value is -2.38. The fourth-order valence-corrected chi connectivity index (χ4v) is 2.93. The van der Waals surface area contributed by atoms with Gasteiger partial charge in [-0.15, -0.1) is 0 Å². The monoisotopic (exact) mass is 390 g/mol. The Bertz CT molecular complexity index is 786. The topological polar surface area (TPSA) is 71.4 Å². The van der Waals surface area contributed by atoms with Gasteiger partial charge in [0.1, 0.15) is 16.7 Å². The summed E-state index contributed by atoms with van der Waals surface area (Å²) in [6.07, 6.45) is 0. The average molecular weight is 391 g/mol. The highest BCUT2D eigenvalue weighted by Gasteiger charge is 2.29. The van der Waals surface area contributed by atoms with Crippen LogP contribution in [0.3, 0.4) is 0 Å². The first-order valence-corrected chi connectivity index (χ1v) is 9.60. The van der Waals surface area contributed by atoms with Crippen molar-refractivity contribution in [2.45, 2.75) is 31.6 Å². The van der Waals surface area contributed by atoms with Crippen LogP contribution in [-0.4, -0.2) is 34.3 Å². The fourth-order valence-electron chi connectivity index (χ4n) is 2.32. The van der Waals surface area contributed by atoms with E-state index in [0.717, 1.165) is 5.06 Å². The van der Waals surface area contributed by atoms with Gasteiger partial charge < -0.3 is 9.47 Å². The molecule has 1 unspecified atom stereocenters. The van der Waals surface area contributed by atoms with Crippen molar-refractivity contribution in [3.8, 4) is 5.75 Å². The summed E-state index contributed by atoms with van der Waals surface area (Å²) in [5, 5.41) is 12.0. The number of para-hydroxylation sites is 1. The number of anilines is 1. The lowest BCUT2D eigenvalue weighted by Gasteiger charge is -2.28. The van der Waals surface area contributed by atoms with Gasteiger partial charge in [-0.1, -0.05) is 30.3 Å². The summed E-state index contributed by atoms with van der Waals surface area (Å²) < 4.78 is 26.9. The van der Waals surface area contributed by atoms with Gasteiger partial charge in [-0.25, -0.2) is 9.27 Å². The number of hydrogen-bond acceptors (Lipinski definition) is 5. The average Bonchev–Trinajstić information content (AvgIpc) is 2.67. The Morgan fingerprint density at radius 1 is 1.07 bits per heavy atom. The van der Waals surface area contributed by atoms with E-state index in [2.05, 4.69) is 4.40 Å². The normalized spacial score (nSPS) is 14.4. The van der Waals surface area contributed by atoms with E-state index in [4.69, 9.17) is 9.47 Å². The van der Waals surface area contributed by atoms with Crippen LogP contribution < -0.4 is 9.80 Å². The summed E-state index contributed by atoms with van der Waals surface area (Å²) in [5.41, 5.74) is 1.28. The van der Waals surface area contributed by atoms with Crippen LogP contribution in [0.1, 0.15) is 32.4 Å². The summed E-state index contributed by atoms with van der Waals surface area (Å²) in [4.78, 5) is 0. The summed E-state index contributed by atoms with van der Waals surface area (Å²) in [6.45, 7) is 5.49. The lowest BCUT2D eigenvalue weighted by atomic mass is 10.1. The molecule has 0 saturated heterocycles. The molecule has 2 atom stereocenters. The zero-order valence-electron chi connectivity index (χ0n) is 16.2. The van der Waals surface area contributed by atoms with Crippen LogP contribution in [0.4, 0.5) is 5.69 Å². The van der Waals surface area contributed by atoms with Crippen LogP contribution >= 0.6 is 0 Å². The zero-order valence-corrected chi connectivity index (χ0v) is 17.1. The first-order chi connectivity index (χ1) is 12.8. The minimum Gasteiger partial charge on any atom is -0.497 e. The van der Waals surface area contributed by atoms with Crippen molar-refractivity contribution in [1.29, 1.82) is 0 Å². The van der Waals surface area contributed by atoms with Gasteiger partial charge in [0.25, 0.3) is 0 Å². The van der Waals surface area contributed by atoms with Crippen molar-refractivity contribution in [1.82, 2.24) is 0 Å². The van der Waals surface area contributed by atoms with Crippen molar-refractivity contribution in [2.24, 2.45) is 4.40 Å². The Balaban J connectivity index is 2.53. The third kappa shape index (κ3) is 5.30. The molecule has 0 amide bonds. The molecule has 2 aromatic carbocycles. The molecule has 0 spiro atoms. The van der Waals surface area contributed by atoms with Crippen molar-refractivity contribution in [3.05, 3.63) is 60.2 Å². The van der Waals surface area contributed by atoms with E-state index < -0.39 is 21.8 Å². The summed E-state index contributed by atoms with van der Waals surface area (Å²) in [5.74, 6) is 0.843. The Morgan fingerprint density at radius 2 is 1.67 bits per heavy atom. The van der Waals surface area contributed by atoms with Crippen molar-refractivity contribution < 1.29 is 18.9 Å². The van der Waals surface area contributed by atoms with E-state index in [0.29, 0.717) is 17.0 Å². The van der Waals surface area contributed by atoms with E-state index >= 15 is 0 Å². The van der Waals surface area contributed by atoms with Crippen LogP contribution in [0, 0.1) is 0 Å². The highest BCUT2D eigenvalue weighted by atomic mass is 32.2. The Labute approximate surface area is 163 Å². The van der Waals surface area contributed by atoms with E-state index in [1.807, 2.05) is 51.1 Å². The number of hydrogen-bond donors (Lipinski definition) is 1. The van der Waals surface area contributed by atoms with Crippen LogP contribution in [0.2, 0.25) is 0 Å². The molecule has 0 aliphatic heterocycles. The van der Waals surface area contributed by atoms with Gasteiger partial charge in [0, 0.05) is 0 Å². The third-order valence-corrected chi connectivity index (χ3v) is 5.23. The molecule has 7 heteroatoms. The maximum absolute atomic E-state index is 12.6. The van der Waals surface area contributed by atoms with Gasteiger partial charge in [0.15, 0.2) is 6.04 Å². The maximum Gasteiger partial charge on any atom is 0.227 e. The maximum atomic E-state index is 12.6. The molecule has 2 aromatic rings. The molecular formula is C20H26N2O4S. The van der Waals surface area contributed by atoms with Crippen molar-refractivity contribution >= 4 is 22.6 Å². The lowest BCUT2D eigenvalue weighted by Crippen LogP contribution is -2.33.